The summed E-state index contributed by atoms with van der Waals surface area (Å²) in [6, 6.07) is 17.9. The van der Waals surface area contributed by atoms with Crippen molar-refractivity contribution >= 4 is 27.3 Å². The van der Waals surface area contributed by atoms with Crippen molar-refractivity contribution in [3.05, 3.63) is 89.7 Å². The van der Waals surface area contributed by atoms with Crippen LogP contribution in [0, 0.1) is 12.7 Å². The van der Waals surface area contributed by atoms with E-state index < -0.39 is 21.7 Å². The Labute approximate surface area is 156 Å². The van der Waals surface area contributed by atoms with Gasteiger partial charge in [0.25, 0.3) is 15.9 Å². The Hall–Kier alpha value is -3.19. The van der Waals surface area contributed by atoms with E-state index in [9.17, 15) is 17.6 Å². The zero-order valence-corrected chi connectivity index (χ0v) is 15.3. The molecule has 0 unspecified atom stereocenters. The summed E-state index contributed by atoms with van der Waals surface area (Å²) in [6.07, 6.45) is 0. The first-order valence-electron chi connectivity index (χ1n) is 8.10. The molecule has 0 saturated heterocycles. The minimum Gasteiger partial charge on any atom is -0.322 e. The van der Waals surface area contributed by atoms with Crippen LogP contribution in [-0.2, 0) is 10.0 Å². The topological polar surface area (TPSA) is 75.3 Å². The molecule has 0 spiro atoms. The number of rotatable bonds is 5. The van der Waals surface area contributed by atoms with Gasteiger partial charge in [0.1, 0.15) is 5.82 Å². The molecular formula is C20H17FN2O3S. The predicted molar refractivity (Wildman–Crippen MR) is 103 cm³/mol. The fraction of sp³-hybridized carbons (Fsp3) is 0.0500. The van der Waals surface area contributed by atoms with Crippen molar-refractivity contribution in [1.82, 2.24) is 0 Å². The molecule has 0 heterocycles. The number of carbonyl (C=O) groups is 1. The van der Waals surface area contributed by atoms with Crippen LogP contribution in [0.25, 0.3) is 0 Å². The van der Waals surface area contributed by atoms with Gasteiger partial charge in [-0.2, -0.15) is 0 Å². The third-order valence-corrected chi connectivity index (χ3v) is 5.16. The van der Waals surface area contributed by atoms with Gasteiger partial charge in [-0.1, -0.05) is 18.2 Å². The standard InChI is InChI=1S/C20H17FN2O3S/c1-14-4-2-6-18(12-14)22-20(24)15-5-3-7-19(13-15)27(25,26)23-17-10-8-16(21)9-11-17/h2-13,23H,1H3,(H,22,24). The summed E-state index contributed by atoms with van der Waals surface area (Å²) in [7, 11) is -3.91. The van der Waals surface area contributed by atoms with Gasteiger partial charge in [-0.25, -0.2) is 12.8 Å². The van der Waals surface area contributed by atoms with Gasteiger partial charge >= 0.3 is 0 Å². The van der Waals surface area contributed by atoms with Crippen LogP contribution in [0.3, 0.4) is 0 Å². The van der Waals surface area contributed by atoms with E-state index in [1.165, 1.54) is 36.4 Å². The molecule has 0 bridgehead atoms. The number of halogens is 1. The highest BCUT2D eigenvalue weighted by Gasteiger charge is 2.17. The lowest BCUT2D eigenvalue weighted by molar-refractivity contribution is 0.102. The van der Waals surface area contributed by atoms with Crippen LogP contribution in [-0.4, -0.2) is 14.3 Å². The average molecular weight is 384 g/mol. The molecule has 27 heavy (non-hydrogen) atoms. The number of carbonyl (C=O) groups excluding carboxylic acids is 1. The third-order valence-electron chi connectivity index (χ3n) is 3.78. The number of sulfonamides is 1. The molecule has 0 saturated carbocycles. The largest absolute Gasteiger partial charge is 0.322 e. The van der Waals surface area contributed by atoms with Crippen molar-refractivity contribution < 1.29 is 17.6 Å². The Morgan fingerprint density at radius 3 is 2.30 bits per heavy atom. The number of nitrogens with one attached hydrogen (secondary N) is 2. The molecule has 2 N–H and O–H groups in total. The second-order valence-electron chi connectivity index (χ2n) is 5.96. The molecule has 0 aliphatic heterocycles. The monoisotopic (exact) mass is 384 g/mol. The first-order valence-corrected chi connectivity index (χ1v) is 9.58. The van der Waals surface area contributed by atoms with Crippen molar-refractivity contribution in [2.24, 2.45) is 0 Å². The quantitative estimate of drug-likeness (QED) is 0.693. The van der Waals surface area contributed by atoms with Gasteiger partial charge in [0.05, 0.1) is 4.90 Å². The summed E-state index contributed by atoms with van der Waals surface area (Å²) >= 11 is 0. The van der Waals surface area contributed by atoms with Crippen LogP contribution < -0.4 is 10.0 Å². The summed E-state index contributed by atoms with van der Waals surface area (Å²) in [5, 5.41) is 2.74. The molecule has 1 amide bonds. The number of anilines is 2. The lowest BCUT2D eigenvalue weighted by Crippen LogP contribution is -2.16. The minimum atomic E-state index is -3.91. The normalized spacial score (nSPS) is 11.0. The van der Waals surface area contributed by atoms with Gasteiger partial charge in [-0.05, 0) is 67.1 Å². The van der Waals surface area contributed by atoms with Gasteiger partial charge in [-0.3, -0.25) is 9.52 Å². The maximum Gasteiger partial charge on any atom is 0.261 e. The van der Waals surface area contributed by atoms with E-state index in [4.69, 9.17) is 0 Å². The van der Waals surface area contributed by atoms with Crippen LogP contribution in [0.1, 0.15) is 15.9 Å². The number of hydrogen-bond donors (Lipinski definition) is 2. The molecule has 0 aliphatic carbocycles. The summed E-state index contributed by atoms with van der Waals surface area (Å²) in [4.78, 5) is 12.4. The van der Waals surface area contributed by atoms with Crippen LogP contribution in [0.5, 0.6) is 0 Å². The molecule has 3 rings (SSSR count). The first kappa shape index (κ1) is 18.6. The number of hydrogen-bond acceptors (Lipinski definition) is 3. The first-order chi connectivity index (χ1) is 12.8. The Bertz CT molecular complexity index is 1080. The molecule has 5 nitrogen and oxygen atoms in total. The molecule has 3 aromatic carbocycles. The Morgan fingerprint density at radius 2 is 1.59 bits per heavy atom. The Morgan fingerprint density at radius 1 is 0.889 bits per heavy atom. The molecule has 0 fully saturated rings. The number of benzene rings is 3. The summed E-state index contributed by atoms with van der Waals surface area (Å²) in [5.74, 6) is -0.882. The van der Waals surface area contributed by atoms with Gasteiger partial charge < -0.3 is 5.32 Å². The van der Waals surface area contributed by atoms with Crippen LogP contribution in [0.4, 0.5) is 15.8 Å². The molecule has 0 aliphatic rings. The van der Waals surface area contributed by atoms with Crippen molar-refractivity contribution in [1.29, 1.82) is 0 Å². The van der Waals surface area contributed by atoms with Gasteiger partial charge in [0, 0.05) is 16.9 Å². The zero-order valence-electron chi connectivity index (χ0n) is 14.4. The molecule has 7 heteroatoms. The summed E-state index contributed by atoms with van der Waals surface area (Å²) < 4.78 is 40.4. The van der Waals surface area contributed by atoms with Crippen LogP contribution in [0.2, 0.25) is 0 Å². The number of amides is 1. The minimum absolute atomic E-state index is 0.0660. The van der Waals surface area contributed by atoms with Crippen molar-refractivity contribution in [3.8, 4) is 0 Å². The maximum atomic E-state index is 13.0. The smallest absolute Gasteiger partial charge is 0.261 e. The van der Waals surface area contributed by atoms with Crippen LogP contribution >= 0.6 is 0 Å². The van der Waals surface area contributed by atoms with Gasteiger partial charge in [0.2, 0.25) is 0 Å². The molecular weight excluding hydrogens is 367 g/mol. The van der Waals surface area contributed by atoms with E-state index in [0.717, 1.165) is 17.7 Å². The van der Waals surface area contributed by atoms with E-state index in [2.05, 4.69) is 10.0 Å². The Kier molecular flexibility index (Phi) is 5.23. The van der Waals surface area contributed by atoms with E-state index in [0.29, 0.717) is 5.69 Å². The summed E-state index contributed by atoms with van der Waals surface area (Å²) in [5.41, 5.74) is 2.05. The van der Waals surface area contributed by atoms with E-state index in [1.54, 1.807) is 6.07 Å². The van der Waals surface area contributed by atoms with E-state index >= 15 is 0 Å². The van der Waals surface area contributed by atoms with E-state index in [1.807, 2.05) is 25.1 Å². The second-order valence-corrected chi connectivity index (χ2v) is 7.65. The molecule has 0 radical (unpaired) electrons. The van der Waals surface area contributed by atoms with Gasteiger partial charge in [0.15, 0.2) is 0 Å². The van der Waals surface area contributed by atoms with Crippen molar-refractivity contribution in [3.63, 3.8) is 0 Å². The molecule has 0 aromatic heterocycles. The fourth-order valence-electron chi connectivity index (χ4n) is 2.46. The second kappa shape index (κ2) is 7.59. The Balaban J connectivity index is 1.81. The average Bonchev–Trinajstić information content (AvgIpc) is 2.63. The highest BCUT2D eigenvalue weighted by atomic mass is 32.2. The SMILES string of the molecule is Cc1cccc(NC(=O)c2cccc(S(=O)(=O)Nc3ccc(F)cc3)c2)c1. The van der Waals surface area contributed by atoms with Gasteiger partial charge in [-0.15, -0.1) is 0 Å². The predicted octanol–water partition coefficient (Wildman–Crippen LogP) is 4.19. The maximum absolute atomic E-state index is 13.0. The lowest BCUT2D eigenvalue weighted by atomic mass is 10.2. The highest BCUT2D eigenvalue weighted by Crippen LogP contribution is 2.18. The van der Waals surface area contributed by atoms with E-state index in [-0.39, 0.29) is 16.1 Å². The van der Waals surface area contributed by atoms with Crippen molar-refractivity contribution in [2.75, 3.05) is 10.0 Å². The summed E-state index contributed by atoms with van der Waals surface area (Å²) in [6.45, 7) is 1.91. The molecule has 3 aromatic rings. The zero-order chi connectivity index (χ0) is 19.4. The fourth-order valence-corrected chi connectivity index (χ4v) is 3.57. The lowest BCUT2D eigenvalue weighted by Gasteiger charge is -2.10. The molecule has 0 atom stereocenters. The highest BCUT2D eigenvalue weighted by molar-refractivity contribution is 7.92. The third kappa shape index (κ3) is 4.71. The number of aryl methyl sites for hydroxylation is 1. The van der Waals surface area contributed by atoms with Crippen LogP contribution in [0.15, 0.2) is 77.7 Å². The van der Waals surface area contributed by atoms with Crippen molar-refractivity contribution in [2.45, 2.75) is 11.8 Å². The molecule has 138 valence electrons.